The van der Waals surface area contributed by atoms with Crippen LogP contribution in [0.4, 0.5) is 11.5 Å². The van der Waals surface area contributed by atoms with E-state index < -0.39 is 5.97 Å². The molecular formula is C43H52N7O6+. The van der Waals surface area contributed by atoms with Crippen LogP contribution in [0.1, 0.15) is 73.6 Å². The summed E-state index contributed by atoms with van der Waals surface area (Å²) in [7, 11) is 2.11. The Labute approximate surface area is 327 Å². The first-order chi connectivity index (χ1) is 27.3. The van der Waals surface area contributed by atoms with Crippen LogP contribution in [0.2, 0.25) is 0 Å². The van der Waals surface area contributed by atoms with Crippen molar-refractivity contribution in [2.45, 2.75) is 69.6 Å². The Morgan fingerprint density at radius 2 is 1.73 bits per heavy atom. The Bertz CT molecular complexity index is 2090. The number of aromatic amines is 1. The van der Waals surface area contributed by atoms with Crippen molar-refractivity contribution in [3.05, 3.63) is 77.7 Å². The number of piperidine rings is 1. The maximum atomic E-state index is 14.4. The average Bonchev–Trinajstić information content (AvgIpc) is 3.84. The molecule has 1 aliphatic carbocycles. The van der Waals surface area contributed by atoms with Crippen molar-refractivity contribution in [3.63, 3.8) is 0 Å². The maximum Gasteiger partial charge on any atom is 0.306 e. The van der Waals surface area contributed by atoms with Gasteiger partial charge < -0.3 is 34.6 Å². The first kappa shape index (κ1) is 36.6. The lowest BCUT2D eigenvalue weighted by Gasteiger charge is -2.37. The molecule has 0 bridgehead atoms. The summed E-state index contributed by atoms with van der Waals surface area (Å²) in [5.74, 6) is 0.417. The normalized spacial score (nSPS) is 24.8. The Hall–Kier alpha value is -5.01. The lowest BCUT2D eigenvalue weighted by Crippen LogP contribution is -2.53. The SMILES string of the molecule is CN1CCC(C(=O)N2Cc3cc(NC(=O)C4CCOCC4)ncc3C([n+]3cc(N4CCC(Oc5ccccc5)C4)cc4c(C5CC(C(=O)O)C5)c[nH]c43)C2)CC1. The van der Waals surface area contributed by atoms with Crippen molar-refractivity contribution >= 4 is 40.3 Å². The molecule has 9 rings (SSSR count). The third-order valence-corrected chi connectivity index (χ3v) is 12.9. The maximum absolute atomic E-state index is 14.4. The standard InChI is InChI=1S/C43H51N7O6/c1-47-12-7-28(8-13-47)42(52)49-23-31-19-39(46-41(51)27-10-15-55-16-11-27)44-22-37(31)38(26-49)50-24-32(48-14-9-34(25-48)56-33-5-3-2-4-6-33)20-35-36(21-45-40(35)50)29-17-30(18-29)43(53)54/h2-6,19-22,24,27-30,34,38H,7-18,23,25-26H2,1H3,(H2,44,46,51,53,54)/p+1. The van der Waals surface area contributed by atoms with Crippen molar-refractivity contribution in [1.82, 2.24) is 19.8 Å². The molecule has 2 unspecified atom stereocenters. The molecule has 56 heavy (non-hydrogen) atoms. The van der Waals surface area contributed by atoms with Crippen molar-refractivity contribution in [1.29, 1.82) is 0 Å². The van der Waals surface area contributed by atoms with Gasteiger partial charge in [0.15, 0.2) is 0 Å². The molecule has 7 heterocycles. The Morgan fingerprint density at radius 3 is 2.50 bits per heavy atom. The molecule has 2 amide bonds. The third kappa shape index (κ3) is 7.34. The summed E-state index contributed by atoms with van der Waals surface area (Å²) in [4.78, 5) is 54.6. The fourth-order valence-corrected chi connectivity index (χ4v) is 9.47. The van der Waals surface area contributed by atoms with E-state index in [9.17, 15) is 19.5 Å². The van der Waals surface area contributed by atoms with Crippen LogP contribution in [-0.4, -0.2) is 102 Å². The van der Waals surface area contributed by atoms with Crippen LogP contribution in [0.25, 0.3) is 11.0 Å². The number of anilines is 2. The zero-order valence-electron chi connectivity index (χ0n) is 32.1. The van der Waals surface area contributed by atoms with Gasteiger partial charge in [-0.1, -0.05) is 18.2 Å². The molecule has 4 aliphatic heterocycles. The number of carboxylic acids is 1. The molecule has 294 valence electrons. The number of hydrogen-bond donors (Lipinski definition) is 3. The highest BCUT2D eigenvalue weighted by molar-refractivity contribution is 5.92. The molecule has 13 heteroatoms. The number of aromatic nitrogens is 3. The van der Waals surface area contributed by atoms with E-state index in [0.717, 1.165) is 84.6 Å². The largest absolute Gasteiger partial charge is 0.489 e. The summed E-state index contributed by atoms with van der Waals surface area (Å²) in [6, 6.07) is 13.9. The molecule has 3 aromatic heterocycles. The van der Waals surface area contributed by atoms with E-state index in [1.54, 1.807) is 0 Å². The van der Waals surface area contributed by atoms with Gasteiger partial charge in [-0.3, -0.25) is 14.4 Å². The smallest absolute Gasteiger partial charge is 0.306 e. The number of rotatable bonds is 9. The number of carboxylic acid groups (broad SMARTS) is 1. The first-order valence-corrected chi connectivity index (χ1v) is 20.4. The number of aliphatic carboxylic acids is 1. The van der Waals surface area contributed by atoms with E-state index in [4.69, 9.17) is 14.5 Å². The summed E-state index contributed by atoms with van der Waals surface area (Å²) in [5.41, 5.74) is 5.10. The van der Waals surface area contributed by atoms with Gasteiger partial charge in [0.25, 0.3) is 5.65 Å². The van der Waals surface area contributed by atoms with Gasteiger partial charge in [0, 0.05) is 61.9 Å². The van der Waals surface area contributed by atoms with Gasteiger partial charge in [-0.05, 0) is 94.4 Å². The number of hydrogen-bond acceptors (Lipinski definition) is 8. The molecular weight excluding hydrogens is 711 g/mol. The summed E-state index contributed by atoms with van der Waals surface area (Å²) >= 11 is 0. The summed E-state index contributed by atoms with van der Waals surface area (Å²) in [6.45, 7) is 5.43. The number of H-pyrrole nitrogens is 1. The third-order valence-electron chi connectivity index (χ3n) is 12.9. The van der Waals surface area contributed by atoms with Crippen molar-refractivity contribution in [2.24, 2.45) is 17.8 Å². The molecule has 4 aromatic rings. The van der Waals surface area contributed by atoms with E-state index in [1.165, 1.54) is 0 Å². The second-order valence-corrected chi connectivity index (χ2v) is 16.6. The van der Waals surface area contributed by atoms with Crippen LogP contribution in [0.15, 0.2) is 61.1 Å². The topological polar surface area (TPSA) is 144 Å². The van der Waals surface area contributed by atoms with Gasteiger partial charge in [0.05, 0.1) is 36.3 Å². The highest BCUT2D eigenvalue weighted by Gasteiger charge is 2.41. The van der Waals surface area contributed by atoms with Crippen LogP contribution in [-0.2, 0) is 25.7 Å². The quantitative estimate of drug-likeness (QED) is 0.207. The number of pyridine rings is 2. The van der Waals surface area contributed by atoms with Crippen LogP contribution in [0.5, 0.6) is 5.75 Å². The van der Waals surface area contributed by atoms with E-state index in [-0.39, 0.29) is 47.6 Å². The van der Waals surface area contributed by atoms with Crippen molar-refractivity contribution in [2.75, 3.05) is 63.2 Å². The number of carbonyl (C=O) groups is 3. The number of likely N-dealkylation sites (tertiary alicyclic amines) is 1. The van der Waals surface area contributed by atoms with Gasteiger partial charge in [-0.15, -0.1) is 0 Å². The lowest BCUT2D eigenvalue weighted by atomic mass is 9.71. The van der Waals surface area contributed by atoms with Crippen LogP contribution < -0.4 is 19.5 Å². The van der Waals surface area contributed by atoms with Crippen LogP contribution in [0.3, 0.4) is 0 Å². The van der Waals surface area contributed by atoms with E-state index in [0.29, 0.717) is 57.8 Å². The molecule has 0 radical (unpaired) electrons. The van der Waals surface area contributed by atoms with Gasteiger partial charge >= 0.3 is 5.97 Å². The monoisotopic (exact) mass is 762 g/mol. The molecule has 0 spiro atoms. The molecule has 1 saturated carbocycles. The second kappa shape index (κ2) is 15.5. The van der Waals surface area contributed by atoms with Crippen LogP contribution >= 0.6 is 0 Å². The van der Waals surface area contributed by atoms with E-state index in [1.807, 2.05) is 47.5 Å². The zero-order chi connectivity index (χ0) is 38.3. The van der Waals surface area contributed by atoms with Gasteiger partial charge in [0.1, 0.15) is 29.9 Å². The summed E-state index contributed by atoms with van der Waals surface area (Å²) < 4.78 is 14.2. The fraction of sp³-hybridized carbons (Fsp3) is 0.512. The number of para-hydroxylation sites is 1. The van der Waals surface area contributed by atoms with Crippen LogP contribution in [0, 0.1) is 17.8 Å². The van der Waals surface area contributed by atoms with E-state index >= 15 is 0 Å². The molecule has 5 aliphatic rings. The predicted octanol–water partition coefficient (Wildman–Crippen LogP) is 4.72. The number of carbonyl (C=O) groups excluding carboxylic acids is 2. The molecule has 13 nitrogen and oxygen atoms in total. The minimum Gasteiger partial charge on any atom is -0.489 e. The number of benzene rings is 1. The highest BCUT2D eigenvalue weighted by atomic mass is 16.5. The molecule has 3 saturated heterocycles. The number of nitrogens with zero attached hydrogens (tertiary/aromatic N) is 5. The van der Waals surface area contributed by atoms with Gasteiger partial charge in [-0.2, -0.15) is 0 Å². The van der Waals surface area contributed by atoms with Gasteiger partial charge in [-0.25, -0.2) is 14.5 Å². The number of nitrogens with one attached hydrogen (secondary N) is 2. The summed E-state index contributed by atoms with van der Waals surface area (Å²) in [5, 5.41) is 13.8. The Balaban J connectivity index is 1.09. The van der Waals surface area contributed by atoms with E-state index in [2.05, 4.69) is 50.2 Å². The number of ether oxygens (including phenoxy) is 2. The molecule has 4 fully saturated rings. The average molecular weight is 763 g/mol. The fourth-order valence-electron chi connectivity index (χ4n) is 9.47. The molecule has 1 aromatic carbocycles. The first-order valence-electron chi connectivity index (χ1n) is 20.4. The second-order valence-electron chi connectivity index (χ2n) is 16.6. The highest BCUT2D eigenvalue weighted by Crippen LogP contribution is 2.45. The Morgan fingerprint density at radius 1 is 0.946 bits per heavy atom. The van der Waals surface area contributed by atoms with Gasteiger partial charge in [0.2, 0.25) is 11.8 Å². The van der Waals surface area contributed by atoms with Crippen molar-refractivity contribution < 1.29 is 33.5 Å². The predicted molar refractivity (Wildman–Crippen MR) is 209 cm³/mol. The number of amides is 2. The Kier molecular flexibility index (Phi) is 10.1. The molecule has 2 atom stereocenters. The summed E-state index contributed by atoms with van der Waals surface area (Å²) in [6.07, 6.45) is 11.3. The zero-order valence-corrected chi connectivity index (χ0v) is 32.1. The number of fused-ring (bicyclic) bond motifs is 2. The van der Waals surface area contributed by atoms with Crippen molar-refractivity contribution in [3.8, 4) is 5.75 Å². The lowest BCUT2D eigenvalue weighted by molar-refractivity contribution is -0.690. The minimum absolute atomic E-state index is 0.0345. The molecule has 3 N–H and O–H groups in total. The minimum atomic E-state index is -0.734.